The van der Waals surface area contributed by atoms with Gasteiger partial charge in [0.05, 0.1) is 11.4 Å². The number of thiophene rings is 2. The van der Waals surface area contributed by atoms with Crippen LogP contribution in [0.15, 0.2) is 47.2 Å². The summed E-state index contributed by atoms with van der Waals surface area (Å²) in [6.45, 7) is 3.35. The smallest absolute Gasteiger partial charge is 0.279 e. The van der Waals surface area contributed by atoms with Gasteiger partial charge in [-0.05, 0) is 47.5 Å². The Labute approximate surface area is 166 Å². The number of halogens is 1. The molecule has 1 amide bonds. The summed E-state index contributed by atoms with van der Waals surface area (Å²) in [5.74, 6) is 0.0330. The third kappa shape index (κ3) is 3.45. The summed E-state index contributed by atoms with van der Waals surface area (Å²) < 4.78 is 0. The van der Waals surface area contributed by atoms with E-state index in [1.165, 1.54) is 20.2 Å². The summed E-state index contributed by atoms with van der Waals surface area (Å²) in [5, 5.41) is 8.00. The van der Waals surface area contributed by atoms with E-state index >= 15 is 0 Å². The second kappa shape index (κ2) is 7.53. The molecule has 0 bridgehead atoms. The first-order chi connectivity index (χ1) is 12.6. The van der Waals surface area contributed by atoms with E-state index in [9.17, 15) is 4.79 Å². The van der Waals surface area contributed by atoms with E-state index in [1.54, 1.807) is 11.3 Å². The van der Waals surface area contributed by atoms with Crippen LogP contribution >= 0.6 is 34.3 Å². The van der Waals surface area contributed by atoms with E-state index in [-0.39, 0.29) is 11.9 Å². The SMILES string of the molecule is Cc1c(Cl)cccc1NC(=O)C[NH+]1CCc2sccc2[C@H]1c1cccs1. The lowest BCUT2D eigenvalue weighted by Gasteiger charge is -2.31. The van der Waals surface area contributed by atoms with E-state index < -0.39 is 0 Å². The highest BCUT2D eigenvalue weighted by Crippen LogP contribution is 2.31. The van der Waals surface area contributed by atoms with Gasteiger partial charge < -0.3 is 10.2 Å². The number of benzene rings is 1. The third-order valence-corrected chi connectivity index (χ3v) is 7.27. The first-order valence-electron chi connectivity index (χ1n) is 8.62. The standard InChI is InChI=1S/C20H19ClN2OS2/c1-13-15(21)4-2-5-16(13)22-19(24)12-23-9-7-17-14(8-11-26-17)20(23)18-6-3-10-25-18/h2-6,8,10-11,20H,7,9,12H2,1H3,(H,22,24)/p+1/t20-/m0/s1. The maximum absolute atomic E-state index is 12.7. The number of fused-ring (bicyclic) bond motifs is 1. The fourth-order valence-electron chi connectivity index (χ4n) is 3.59. The molecule has 0 radical (unpaired) electrons. The summed E-state index contributed by atoms with van der Waals surface area (Å²) in [4.78, 5) is 16.8. The van der Waals surface area contributed by atoms with Crippen LogP contribution in [0.1, 0.15) is 26.9 Å². The largest absolute Gasteiger partial charge is 0.321 e. The van der Waals surface area contributed by atoms with Gasteiger partial charge in [0.1, 0.15) is 6.04 Å². The number of hydrogen-bond donors (Lipinski definition) is 2. The molecule has 2 N–H and O–H groups in total. The highest BCUT2D eigenvalue weighted by atomic mass is 35.5. The van der Waals surface area contributed by atoms with Gasteiger partial charge in [0.15, 0.2) is 6.54 Å². The van der Waals surface area contributed by atoms with Crippen LogP contribution in [0.4, 0.5) is 5.69 Å². The van der Waals surface area contributed by atoms with Crippen molar-refractivity contribution in [3.63, 3.8) is 0 Å². The minimum Gasteiger partial charge on any atom is -0.321 e. The molecular weight excluding hydrogens is 384 g/mol. The number of amides is 1. The molecule has 6 heteroatoms. The Hall–Kier alpha value is -1.66. The molecule has 3 aromatic rings. The lowest BCUT2D eigenvalue weighted by atomic mass is 9.98. The molecule has 1 aliphatic heterocycles. The predicted molar refractivity (Wildman–Crippen MR) is 110 cm³/mol. The fraction of sp³-hybridized carbons (Fsp3) is 0.250. The van der Waals surface area contributed by atoms with Gasteiger partial charge in [-0.15, -0.1) is 22.7 Å². The van der Waals surface area contributed by atoms with E-state index in [1.807, 2.05) is 36.5 Å². The number of nitrogens with one attached hydrogen (secondary N) is 2. The lowest BCUT2D eigenvalue weighted by Crippen LogP contribution is -3.14. The Bertz CT molecular complexity index is 920. The van der Waals surface area contributed by atoms with Crippen molar-refractivity contribution in [2.75, 3.05) is 18.4 Å². The summed E-state index contributed by atoms with van der Waals surface area (Å²) in [6, 6.07) is 12.4. The van der Waals surface area contributed by atoms with Gasteiger partial charge in [-0.2, -0.15) is 0 Å². The van der Waals surface area contributed by atoms with Crippen LogP contribution in [0, 0.1) is 6.92 Å². The summed E-state index contributed by atoms with van der Waals surface area (Å²) >= 11 is 9.77. The Morgan fingerprint density at radius 3 is 2.92 bits per heavy atom. The van der Waals surface area contributed by atoms with Crippen LogP contribution in [0.3, 0.4) is 0 Å². The Morgan fingerprint density at radius 2 is 2.12 bits per heavy atom. The number of carbonyl (C=O) groups is 1. The molecule has 2 atom stereocenters. The van der Waals surface area contributed by atoms with Crippen molar-refractivity contribution in [2.45, 2.75) is 19.4 Å². The number of quaternary nitrogens is 1. The molecule has 3 nitrogen and oxygen atoms in total. The Morgan fingerprint density at radius 1 is 1.23 bits per heavy atom. The molecule has 4 rings (SSSR count). The van der Waals surface area contributed by atoms with Gasteiger partial charge >= 0.3 is 0 Å². The van der Waals surface area contributed by atoms with E-state index in [0.717, 1.165) is 24.2 Å². The molecule has 1 unspecified atom stereocenters. The molecule has 0 saturated carbocycles. The number of carbonyl (C=O) groups excluding carboxylic acids is 1. The van der Waals surface area contributed by atoms with Crippen LogP contribution in [-0.2, 0) is 11.2 Å². The molecule has 3 heterocycles. The molecule has 1 aromatic carbocycles. The molecular formula is C20H20ClN2OS2+. The zero-order chi connectivity index (χ0) is 18.1. The van der Waals surface area contributed by atoms with Crippen molar-refractivity contribution in [1.82, 2.24) is 0 Å². The van der Waals surface area contributed by atoms with Crippen molar-refractivity contribution < 1.29 is 9.69 Å². The van der Waals surface area contributed by atoms with E-state index in [0.29, 0.717) is 11.6 Å². The molecule has 0 aliphatic carbocycles. The van der Waals surface area contributed by atoms with Crippen LogP contribution in [0.25, 0.3) is 0 Å². The molecule has 26 heavy (non-hydrogen) atoms. The first-order valence-corrected chi connectivity index (χ1v) is 10.8. The Kier molecular flexibility index (Phi) is 5.14. The van der Waals surface area contributed by atoms with E-state index in [2.05, 4.69) is 34.3 Å². The van der Waals surface area contributed by atoms with Gasteiger partial charge in [-0.3, -0.25) is 4.79 Å². The third-order valence-electron chi connectivity index (χ3n) is 4.93. The van der Waals surface area contributed by atoms with Crippen molar-refractivity contribution in [3.8, 4) is 0 Å². The average molecular weight is 404 g/mol. The maximum atomic E-state index is 12.7. The van der Waals surface area contributed by atoms with Gasteiger partial charge in [0.2, 0.25) is 0 Å². The maximum Gasteiger partial charge on any atom is 0.279 e. The van der Waals surface area contributed by atoms with Crippen LogP contribution in [0.5, 0.6) is 0 Å². The van der Waals surface area contributed by atoms with Gasteiger partial charge in [-0.25, -0.2) is 0 Å². The highest BCUT2D eigenvalue weighted by molar-refractivity contribution is 7.10. The molecule has 2 aromatic heterocycles. The van der Waals surface area contributed by atoms with Crippen molar-refractivity contribution in [2.24, 2.45) is 0 Å². The second-order valence-electron chi connectivity index (χ2n) is 6.54. The molecule has 134 valence electrons. The minimum atomic E-state index is 0.0330. The highest BCUT2D eigenvalue weighted by Gasteiger charge is 2.35. The van der Waals surface area contributed by atoms with Crippen LogP contribution in [-0.4, -0.2) is 19.0 Å². The van der Waals surface area contributed by atoms with Gasteiger partial charge in [0.25, 0.3) is 5.91 Å². The predicted octanol–water partition coefficient (Wildman–Crippen LogP) is 3.94. The number of rotatable bonds is 4. The van der Waals surface area contributed by atoms with Crippen LogP contribution < -0.4 is 10.2 Å². The average Bonchev–Trinajstić information content (AvgIpc) is 3.30. The minimum absolute atomic E-state index is 0.0330. The van der Waals surface area contributed by atoms with Crippen molar-refractivity contribution in [3.05, 3.63) is 73.1 Å². The van der Waals surface area contributed by atoms with E-state index in [4.69, 9.17) is 11.6 Å². The van der Waals surface area contributed by atoms with Crippen molar-refractivity contribution >= 4 is 45.9 Å². The molecule has 0 spiro atoms. The monoisotopic (exact) mass is 403 g/mol. The molecule has 0 saturated heterocycles. The second-order valence-corrected chi connectivity index (χ2v) is 8.93. The number of hydrogen-bond acceptors (Lipinski definition) is 3. The molecule has 1 aliphatic rings. The lowest BCUT2D eigenvalue weighted by molar-refractivity contribution is -0.919. The summed E-state index contributed by atoms with van der Waals surface area (Å²) in [7, 11) is 0. The summed E-state index contributed by atoms with van der Waals surface area (Å²) in [6.07, 6.45) is 1.04. The quantitative estimate of drug-likeness (QED) is 0.679. The topological polar surface area (TPSA) is 33.5 Å². The molecule has 0 fully saturated rings. The summed E-state index contributed by atoms with van der Waals surface area (Å²) in [5.41, 5.74) is 3.08. The van der Waals surface area contributed by atoms with Gasteiger partial charge in [0, 0.05) is 27.6 Å². The zero-order valence-electron chi connectivity index (χ0n) is 14.4. The van der Waals surface area contributed by atoms with Crippen molar-refractivity contribution in [1.29, 1.82) is 0 Å². The number of anilines is 1. The Balaban J connectivity index is 1.55. The fourth-order valence-corrected chi connectivity index (χ4v) is 5.59. The van der Waals surface area contributed by atoms with Gasteiger partial charge in [-0.1, -0.05) is 23.7 Å². The normalized spacial score (nSPS) is 19.2. The zero-order valence-corrected chi connectivity index (χ0v) is 16.8. The van der Waals surface area contributed by atoms with Crippen LogP contribution in [0.2, 0.25) is 5.02 Å². The first kappa shape index (κ1) is 17.7.